The van der Waals surface area contributed by atoms with E-state index in [0.717, 1.165) is 25.6 Å². The van der Waals surface area contributed by atoms with Crippen molar-refractivity contribution in [1.82, 2.24) is 10.2 Å². The Morgan fingerprint density at radius 2 is 2.06 bits per heavy atom. The fourth-order valence-electron chi connectivity index (χ4n) is 1.88. The molecule has 1 N–H and O–H groups in total. The zero-order valence-electron chi connectivity index (χ0n) is 11.6. The number of furan rings is 1. The molecule has 1 aromatic rings. The summed E-state index contributed by atoms with van der Waals surface area (Å²) in [6.45, 7) is 13.3. The molecule has 0 radical (unpaired) electrons. The van der Waals surface area contributed by atoms with E-state index in [-0.39, 0.29) is 0 Å². The molecule has 0 aliphatic rings. The van der Waals surface area contributed by atoms with Gasteiger partial charge in [-0.15, -0.1) is 0 Å². The first-order valence-electron chi connectivity index (χ1n) is 6.55. The maximum atomic E-state index is 5.03. The van der Waals surface area contributed by atoms with Gasteiger partial charge in [0.25, 0.3) is 0 Å². The lowest BCUT2D eigenvalue weighted by atomic mass is 10.2. The van der Waals surface area contributed by atoms with Crippen LogP contribution in [0.25, 0.3) is 0 Å². The minimum absolute atomic E-state index is 0.619. The average molecular weight is 238 g/mol. The summed E-state index contributed by atoms with van der Waals surface area (Å²) in [6, 6.07) is 2.62. The van der Waals surface area contributed by atoms with E-state index in [0.29, 0.717) is 6.04 Å². The Labute approximate surface area is 105 Å². The molecule has 0 aliphatic heterocycles. The van der Waals surface area contributed by atoms with Gasteiger partial charge in [0.2, 0.25) is 0 Å². The van der Waals surface area contributed by atoms with Crippen LogP contribution in [-0.4, -0.2) is 30.6 Å². The van der Waals surface area contributed by atoms with Crippen LogP contribution in [0.5, 0.6) is 0 Å². The lowest BCUT2D eigenvalue weighted by Crippen LogP contribution is -2.39. The highest BCUT2D eigenvalue weighted by molar-refractivity contribution is 5.04. The van der Waals surface area contributed by atoms with Crippen molar-refractivity contribution in [3.63, 3.8) is 0 Å². The van der Waals surface area contributed by atoms with E-state index in [1.54, 1.807) is 12.5 Å². The van der Waals surface area contributed by atoms with E-state index in [1.165, 1.54) is 12.1 Å². The number of hydrogen-bond acceptors (Lipinski definition) is 3. The Morgan fingerprint density at radius 1 is 1.29 bits per heavy atom. The molecule has 0 saturated carbocycles. The molecule has 1 heterocycles. The van der Waals surface area contributed by atoms with Gasteiger partial charge in [0.05, 0.1) is 12.5 Å². The Balaban J connectivity index is 2.18. The highest BCUT2D eigenvalue weighted by atomic mass is 16.3. The average Bonchev–Trinajstić information content (AvgIpc) is 2.74. The van der Waals surface area contributed by atoms with Gasteiger partial charge in [-0.05, 0) is 25.8 Å². The lowest BCUT2D eigenvalue weighted by Gasteiger charge is -2.28. The maximum absolute atomic E-state index is 5.03. The summed E-state index contributed by atoms with van der Waals surface area (Å²) in [5.74, 6) is 0.728. The molecule has 0 fully saturated rings. The second kappa shape index (κ2) is 7.51. The first kappa shape index (κ1) is 14.3. The number of nitrogens with one attached hydrogen (secondary N) is 1. The molecule has 17 heavy (non-hydrogen) atoms. The molecule has 98 valence electrons. The molecular formula is C14H26N2O. The molecule has 0 atom stereocenters. The van der Waals surface area contributed by atoms with E-state index in [4.69, 9.17) is 4.42 Å². The molecule has 0 amide bonds. The molecule has 0 aromatic carbocycles. The summed E-state index contributed by atoms with van der Waals surface area (Å²) >= 11 is 0. The second-order valence-electron chi connectivity index (χ2n) is 5.29. The summed E-state index contributed by atoms with van der Waals surface area (Å²) in [6.07, 6.45) is 3.51. The summed E-state index contributed by atoms with van der Waals surface area (Å²) in [4.78, 5) is 2.52. The van der Waals surface area contributed by atoms with Gasteiger partial charge in [0, 0.05) is 37.8 Å². The highest BCUT2D eigenvalue weighted by Gasteiger charge is 2.10. The predicted octanol–water partition coefficient (Wildman–Crippen LogP) is 2.74. The third kappa shape index (κ3) is 5.89. The summed E-state index contributed by atoms with van der Waals surface area (Å²) in [7, 11) is 0. The van der Waals surface area contributed by atoms with Crippen molar-refractivity contribution >= 4 is 0 Å². The standard InChI is InChI=1S/C14H26N2O/c1-12(2)10-16(13(3)4)7-6-15-9-14-5-8-17-11-14/h5,8,11-13,15H,6-7,9-10H2,1-4H3. The lowest BCUT2D eigenvalue weighted by molar-refractivity contribution is 0.198. The van der Waals surface area contributed by atoms with Crippen LogP contribution in [-0.2, 0) is 6.54 Å². The van der Waals surface area contributed by atoms with E-state index in [1.807, 2.05) is 6.07 Å². The van der Waals surface area contributed by atoms with Crippen molar-refractivity contribution in [3.8, 4) is 0 Å². The molecule has 0 bridgehead atoms. The minimum atomic E-state index is 0.619. The van der Waals surface area contributed by atoms with E-state index < -0.39 is 0 Å². The Hall–Kier alpha value is -0.800. The van der Waals surface area contributed by atoms with Gasteiger partial charge in [-0.1, -0.05) is 13.8 Å². The fourth-order valence-corrected chi connectivity index (χ4v) is 1.88. The molecule has 0 aliphatic carbocycles. The highest BCUT2D eigenvalue weighted by Crippen LogP contribution is 2.03. The van der Waals surface area contributed by atoms with Crippen LogP contribution in [0.3, 0.4) is 0 Å². The van der Waals surface area contributed by atoms with Gasteiger partial charge in [-0.3, -0.25) is 4.90 Å². The third-order valence-corrected chi connectivity index (χ3v) is 2.81. The van der Waals surface area contributed by atoms with Gasteiger partial charge < -0.3 is 9.73 Å². The summed E-state index contributed by atoms with van der Waals surface area (Å²) < 4.78 is 5.03. The fraction of sp³-hybridized carbons (Fsp3) is 0.714. The van der Waals surface area contributed by atoms with Crippen molar-refractivity contribution in [2.24, 2.45) is 5.92 Å². The Kier molecular flexibility index (Phi) is 6.30. The molecule has 3 heteroatoms. The van der Waals surface area contributed by atoms with Crippen molar-refractivity contribution < 1.29 is 4.42 Å². The first-order chi connectivity index (χ1) is 8.09. The second-order valence-corrected chi connectivity index (χ2v) is 5.29. The van der Waals surface area contributed by atoms with Crippen molar-refractivity contribution in [2.75, 3.05) is 19.6 Å². The SMILES string of the molecule is CC(C)CN(CCNCc1ccoc1)C(C)C. The molecular weight excluding hydrogens is 212 g/mol. The molecule has 1 aromatic heterocycles. The van der Waals surface area contributed by atoms with Crippen LogP contribution in [0.4, 0.5) is 0 Å². The van der Waals surface area contributed by atoms with Crippen LogP contribution < -0.4 is 5.32 Å². The number of nitrogens with zero attached hydrogens (tertiary/aromatic N) is 1. The molecule has 1 rings (SSSR count). The number of hydrogen-bond donors (Lipinski definition) is 1. The summed E-state index contributed by atoms with van der Waals surface area (Å²) in [5, 5.41) is 3.44. The number of rotatable bonds is 8. The topological polar surface area (TPSA) is 28.4 Å². The van der Waals surface area contributed by atoms with Crippen molar-refractivity contribution in [1.29, 1.82) is 0 Å². The molecule has 0 saturated heterocycles. The van der Waals surface area contributed by atoms with Gasteiger partial charge in [-0.2, -0.15) is 0 Å². The summed E-state index contributed by atoms with van der Waals surface area (Å²) in [5.41, 5.74) is 1.21. The van der Waals surface area contributed by atoms with Gasteiger partial charge in [0.15, 0.2) is 0 Å². The van der Waals surface area contributed by atoms with Crippen molar-refractivity contribution in [2.45, 2.75) is 40.3 Å². The Morgan fingerprint density at radius 3 is 2.59 bits per heavy atom. The molecule has 3 nitrogen and oxygen atoms in total. The maximum Gasteiger partial charge on any atom is 0.0947 e. The molecule has 0 spiro atoms. The van der Waals surface area contributed by atoms with E-state index in [2.05, 4.69) is 37.9 Å². The largest absolute Gasteiger partial charge is 0.472 e. The van der Waals surface area contributed by atoms with Crippen LogP contribution in [0, 0.1) is 5.92 Å². The Bertz CT molecular complexity index is 280. The quantitative estimate of drug-likeness (QED) is 0.706. The predicted molar refractivity (Wildman–Crippen MR) is 72.0 cm³/mol. The zero-order chi connectivity index (χ0) is 12.7. The van der Waals surface area contributed by atoms with Crippen LogP contribution in [0.15, 0.2) is 23.0 Å². The van der Waals surface area contributed by atoms with E-state index in [9.17, 15) is 0 Å². The van der Waals surface area contributed by atoms with Crippen molar-refractivity contribution in [3.05, 3.63) is 24.2 Å². The monoisotopic (exact) mass is 238 g/mol. The third-order valence-electron chi connectivity index (χ3n) is 2.81. The van der Waals surface area contributed by atoms with E-state index >= 15 is 0 Å². The minimum Gasteiger partial charge on any atom is -0.472 e. The molecule has 0 unspecified atom stereocenters. The van der Waals surface area contributed by atoms with Gasteiger partial charge in [-0.25, -0.2) is 0 Å². The van der Waals surface area contributed by atoms with Gasteiger partial charge in [0.1, 0.15) is 0 Å². The zero-order valence-corrected chi connectivity index (χ0v) is 11.6. The normalized spacial score (nSPS) is 11.9. The van der Waals surface area contributed by atoms with Crippen LogP contribution in [0.1, 0.15) is 33.3 Å². The van der Waals surface area contributed by atoms with Crippen LogP contribution in [0.2, 0.25) is 0 Å². The van der Waals surface area contributed by atoms with Gasteiger partial charge >= 0.3 is 0 Å². The smallest absolute Gasteiger partial charge is 0.0947 e. The van der Waals surface area contributed by atoms with Crippen LogP contribution >= 0.6 is 0 Å². The first-order valence-corrected chi connectivity index (χ1v) is 6.55.